The summed E-state index contributed by atoms with van der Waals surface area (Å²) >= 11 is 0. The van der Waals surface area contributed by atoms with Crippen molar-refractivity contribution < 1.29 is 4.74 Å². The fourth-order valence-electron chi connectivity index (χ4n) is 1.37. The number of likely N-dealkylation sites (N-methyl/N-ethyl adjacent to an activating group) is 1. The molecule has 1 rings (SSSR count). The van der Waals surface area contributed by atoms with E-state index in [9.17, 15) is 0 Å². The third-order valence-corrected chi connectivity index (χ3v) is 2.39. The number of nitrogens with one attached hydrogen (secondary N) is 1. The Kier molecular flexibility index (Phi) is 5.65. The molecule has 96 valence electrons. The molecule has 0 saturated carbocycles. The van der Waals surface area contributed by atoms with Crippen LogP contribution in [0.1, 0.15) is 19.7 Å². The average molecular weight is 239 g/mol. The summed E-state index contributed by atoms with van der Waals surface area (Å²) in [7, 11) is 1.97. The van der Waals surface area contributed by atoms with E-state index < -0.39 is 0 Å². The molecule has 1 heterocycles. The van der Waals surface area contributed by atoms with Gasteiger partial charge in [0.05, 0.1) is 6.61 Å². The number of ether oxygens (including phenoxy) is 1. The first kappa shape index (κ1) is 13.7. The lowest BCUT2D eigenvalue weighted by Gasteiger charge is -2.19. The topological polar surface area (TPSA) is 76.3 Å². The van der Waals surface area contributed by atoms with E-state index in [4.69, 9.17) is 10.6 Å². The maximum absolute atomic E-state index is 5.38. The third kappa shape index (κ3) is 4.16. The van der Waals surface area contributed by atoms with E-state index in [1.807, 2.05) is 31.9 Å². The predicted molar refractivity (Wildman–Crippen MR) is 69.0 cm³/mol. The average Bonchev–Trinajstić information content (AvgIpc) is 2.38. The summed E-state index contributed by atoms with van der Waals surface area (Å²) in [5, 5.41) is 0. The van der Waals surface area contributed by atoms with Gasteiger partial charge in [-0.3, -0.25) is 0 Å². The van der Waals surface area contributed by atoms with Crippen LogP contribution in [0.15, 0.2) is 6.07 Å². The summed E-state index contributed by atoms with van der Waals surface area (Å²) in [6.45, 7) is 6.20. The molecular weight excluding hydrogens is 218 g/mol. The van der Waals surface area contributed by atoms with Crippen LogP contribution in [0.2, 0.25) is 0 Å². The van der Waals surface area contributed by atoms with Crippen molar-refractivity contribution in [3.8, 4) is 0 Å². The number of rotatable bonds is 7. The smallest absolute Gasteiger partial charge is 0.145 e. The van der Waals surface area contributed by atoms with Crippen LogP contribution in [0.3, 0.4) is 0 Å². The fraction of sp³-hybridized carbons (Fsp3) is 0.636. The molecular formula is C11H21N5O. The summed E-state index contributed by atoms with van der Waals surface area (Å²) in [6, 6.07) is 1.82. The van der Waals surface area contributed by atoms with Crippen LogP contribution in [0.4, 0.5) is 11.6 Å². The Morgan fingerprint density at radius 1 is 1.41 bits per heavy atom. The van der Waals surface area contributed by atoms with Crippen molar-refractivity contribution in [2.45, 2.75) is 20.3 Å². The summed E-state index contributed by atoms with van der Waals surface area (Å²) in [6.07, 6.45) is 0.780. The van der Waals surface area contributed by atoms with Gasteiger partial charge in [0.25, 0.3) is 0 Å². The largest absolute Gasteiger partial charge is 0.380 e. The van der Waals surface area contributed by atoms with Crippen LogP contribution in [0, 0.1) is 0 Å². The number of nitrogen functional groups attached to an aromatic ring is 1. The van der Waals surface area contributed by atoms with Crippen molar-refractivity contribution >= 4 is 11.6 Å². The van der Waals surface area contributed by atoms with E-state index in [1.165, 1.54) is 0 Å². The molecule has 17 heavy (non-hydrogen) atoms. The second kappa shape index (κ2) is 7.03. The van der Waals surface area contributed by atoms with Gasteiger partial charge in [0.2, 0.25) is 0 Å². The van der Waals surface area contributed by atoms with E-state index in [1.54, 1.807) is 0 Å². The molecule has 0 spiro atoms. The predicted octanol–water partition coefficient (Wildman–Crippen LogP) is 0.797. The van der Waals surface area contributed by atoms with Gasteiger partial charge in [-0.15, -0.1) is 0 Å². The van der Waals surface area contributed by atoms with Gasteiger partial charge in [0.15, 0.2) is 0 Å². The van der Waals surface area contributed by atoms with E-state index in [2.05, 4.69) is 15.4 Å². The first-order chi connectivity index (χ1) is 8.21. The quantitative estimate of drug-likeness (QED) is 0.416. The van der Waals surface area contributed by atoms with Crippen molar-refractivity contribution in [3.05, 3.63) is 11.9 Å². The standard InChI is InChI=1S/C11H21N5O/c1-4-9-13-10(15-12)8-11(14-9)16(3)6-7-17-5-2/h8H,4-7,12H2,1-3H3,(H,13,14,15). The molecule has 0 bridgehead atoms. The van der Waals surface area contributed by atoms with E-state index in [0.29, 0.717) is 12.4 Å². The zero-order valence-corrected chi connectivity index (χ0v) is 10.7. The van der Waals surface area contributed by atoms with Crippen molar-refractivity contribution in [2.24, 2.45) is 5.84 Å². The number of aryl methyl sites for hydroxylation is 1. The minimum atomic E-state index is 0.634. The highest BCUT2D eigenvalue weighted by atomic mass is 16.5. The fourth-order valence-corrected chi connectivity index (χ4v) is 1.37. The second-order valence-electron chi connectivity index (χ2n) is 3.64. The summed E-state index contributed by atoms with van der Waals surface area (Å²) < 4.78 is 5.31. The molecule has 6 nitrogen and oxygen atoms in total. The molecule has 0 aliphatic heterocycles. The minimum Gasteiger partial charge on any atom is -0.380 e. The molecule has 3 N–H and O–H groups in total. The van der Waals surface area contributed by atoms with Gasteiger partial charge in [0.1, 0.15) is 17.5 Å². The lowest BCUT2D eigenvalue weighted by Crippen LogP contribution is -2.24. The van der Waals surface area contributed by atoms with Crippen LogP contribution in [-0.2, 0) is 11.2 Å². The first-order valence-electron chi connectivity index (χ1n) is 5.84. The highest BCUT2D eigenvalue weighted by Crippen LogP contribution is 2.14. The Morgan fingerprint density at radius 2 is 2.18 bits per heavy atom. The van der Waals surface area contributed by atoms with E-state index >= 15 is 0 Å². The minimum absolute atomic E-state index is 0.634. The van der Waals surface area contributed by atoms with Gasteiger partial charge in [-0.2, -0.15) is 0 Å². The molecule has 0 aromatic carbocycles. The van der Waals surface area contributed by atoms with Crippen molar-refractivity contribution in [3.63, 3.8) is 0 Å². The van der Waals surface area contributed by atoms with E-state index in [-0.39, 0.29) is 0 Å². The molecule has 1 aromatic heterocycles. The molecule has 0 radical (unpaired) electrons. The van der Waals surface area contributed by atoms with Crippen LogP contribution >= 0.6 is 0 Å². The Bertz CT molecular complexity index is 322. The molecule has 0 amide bonds. The first-order valence-corrected chi connectivity index (χ1v) is 5.84. The molecule has 0 unspecified atom stereocenters. The van der Waals surface area contributed by atoms with Crippen LogP contribution in [0.25, 0.3) is 0 Å². The molecule has 0 fully saturated rings. The second-order valence-corrected chi connectivity index (χ2v) is 3.64. The number of nitrogens with two attached hydrogens (primary N) is 1. The maximum Gasteiger partial charge on any atom is 0.145 e. The summed E-state index contributed by atoms with van der Waals surface area (Å²) in [4.78, 5) is 10.7. The molecule has 0 aliphatic carbocycles. The van der Waals surface area contributed by atoms with Gasteiger partial charge in [0, 0.05) is 32.7 Å². The van der Waals surface area contributed by atoms with Gasteiger partial charge in [-0.25, -0.2) is 15.8 Å². The SMILES string of the molecule is CCOCCN(C)c1cc(NN)nc(CC)n1. The lowest BCUT2D eigenvalue weighted by molar-refractivity contribution is 0.154. The molecule has 6 heteroatoms. The highest BCUT2D eigenvalue weighted by molar-refractivity contribution is 5.48. The van der Waals surface area contributed by atoms with Crippen LogP contribution in [-0.4, -0.2) is 36.8 Å². The summed E-state index contributed by atoms with van der Waals surface area (Å²) in [5.74, 6) is 7.64. The number of hydrogen-bond donors (Lipinski definition) is 2. The molecule has 1 aromatic rings. The van der Waals surface area contributed by atoms with Crippen molar-refractivity contribution in [2.75, 3.05) is 37.1 Å². The Balaban J connectivity index is 2.73. The zero-order valence-electron chi connectivity index (χ0n) is 10.7. The monoisotopic (exact) mass is 239 g/mol. The van der Waals surface area contributed by atoms with Gasteiger partial charge in [-0.1, -0.05) is 6.92 Å². The van der Waals surface area contributed by atoms with Crippen LogP contribution < -0.4 is 16.2 Å². The molecule has 0 aliphatic rings. The maximum atomic E-state index is 5.38. The Hall–Kier alpha value is -1.40. The van der Waals surface area contributed by atoms with Crippen molar-refractivity contribution in [1.82, 2.24) is 9.97 Å². The number of anilines is 2. The van der Waals surface area contributed by atoms with Gasteiger partial charge < -0.3 is 15.1 Å². The third-order valence-electron chi connectivity index (χ3n) is 2.39. The zero-order chi connectivity index (χ0) is 12.7. The summed E-state index contributed by atoms with van der Waals surface area (Å²) in [5.41, 5.74) is 2.56. The highest BCUT2D eigenvalue weighted by Gasteiger charge is 2.06. The molecule has 0 atom stereocenters. The number of hydrazine groups is 1. The van der Waals surface area contributed by atoms with Gasteiger partial charge in [-0.05, 0) is 6.92 Å². The van der Waals surface area contributed by atoms with Crippen molar-refractivity contribution in [1.29, 1.82) is 0 Å². The number of hydrogen-bond acceptors (Lipinski definition) is 6. The van der Waals surface area contributed by atoms with Crippen LogP contribution in [0.5, 0.6) is 0 Å². The van der Waals surface area contributed by atoms with E-state index in [0.717, 1.165) is 31.2 Å². The molecule has 0 saturated heterocycles. The Morgan fingerprint density at radius 3 is 2.76 bits per heavy atom. The lowest BCUT2D eigenvalue weighted by atomic mass is 10.4. The van der Waals surface area contributed by atoms with Gasteiger partial charge >= 0.3 is 0 Å². The number of aromatic nitrogens is 2. The Labute approximate surface area is 102 Å². The normalized spacial score (nSPS) is 10.4. The number of nitrogens with zero attached hydrogens (tertiary/aromatic N) is 3.